The average Bonchev–Trinajstić information content (AvgIpc) is 3.58. The maximum Gasteiger partial charge on any atom is 0.274 e. The van der Waals surface area contributed by atoms with Crippen LogP contribution in [-0.2, 0) is 9.59 Å². The molecule has 3 aromatic heterocycles. The van der Waals surface area contributed by atoms with Crippen LogP contribution in [0.1, 0.15) is 51.3 Å². The maximum atomic E-state index is 13.3. The number of rotatable bonds is 8. The van der Waals surface area contributed by atoms with Gasteiger partial charge in [-0.15, -0.1) is 11.3 Å². The van der Waals surface area contributed by atoms with Crippen molar-refractivity contribution in [1.29, 1.82) is 0 Å². The first-order valence-corrected chi connectivity index (χ1v) is 12.4. The molecule has 4 heterocycles. The third-order valence-corrected chi connectivity index (χ3v) is 6.99. The zero-order chi connectivity index (χ0) is 26.0. The molecule has 3 aromatic rings. The number of aromatic nitrogens is 3. The van der Waals surface area contributed by atoms with Crippen molar-refractivity contribution in [1.82, 2.24) is 29.9 Å². The molecule has 36 heavy (non-hydrogen) atoms. The molecular weight excluding hydrogens is 508 g/mol. The van der Waals surface area contributed by atoms with Crippen LogP contribution in [0.15, 0.2) is 29.9 Å². The Morgan fingerprint density at radius 3 is 2.72 bits per heavy atom. The first-order chi connectivity index (χ1) is 17.2. The van der Waals surface area contributed by atoms with Gasteiger partial charge in [-0.05, 0) is 25.0 Å². The van der Waals surface area contributed by atoms with E-state index in [0.29, 0.717) is 28.6 Å². The summed E-state index contributed by atoms with van der Waals surface area (Å²) in [6.45, 7) is 0.311. The van der Waals surface area contributed by atoms with Crippen LogP contribution < -0.4 is 22.1 Å². The number of carbonyl (C=O) groups excluding carboxylic acids is 4. The quantitative estimate of drug-likeness (QED) is 0.325. The standard InChI is InChI=1S/C22H25ClN8O4S/c1-26-19(33)13(3-4-17(25)32)28-20(34)15-10-36-21(29-15)16-6-12(24)8-31(16)22(35)14-9-30-7-11(23)2-5-18(30)27-14/h2,5,7,9-10,12-13,16H,3-4,6,8,24H2,1H3,(H2,25,32)(H,26,33)(H,28,34)/t12-,13?,16+/m1/s1. The fourth-order valence-electron chi connectivity index (χ4n) is 4.05. The minimum atomic E-state index is -0.943. The van der Waals surface area contributed by atoms with E-state index in [4.69, 9.17) is 23.1 Å². The smallest absolute Gasteiger partial charge is 0.274 e. The van der Waals surface area contributed by atoms with Crippen molar-refractivity contribution in [3.05, 3.63) is 51.3 Å². The van der Waals surface area contributed by atoms with E-state index in [0.717, 1.165) is 0 Å². The number of nitrogens with one attached hydrogen (secondary N) is 2. The number of fused-ring (bicyclic) bond motifs is 1. The highest BCUT2D eigenvalue weighted by atomic mass is 35.5. The Morgan fingerprint density at radius 2 is 2.00 bits per heavy atom. The average molecular weight is 533 g/mol. The Kier molecular flexibility index (Phi) is 7.52. The predicted molar refractivity (Wildman–Crippen MR) is 132 cm³/mol. The third-order valence-electron chi connectivity index (χ3n) is 5.82. The van der Waals surface area contributed by atoms with E-state index >= 15 is 0 Å². The molecule has 14 heteroatoms. The molecule has 1 aliphatic rings. The highest BCUT2D eigenvalue weighted by Gasteiger charge is 2.38. The van der Waals surface area contributed by atoms with E-state index in [1.807, 2.05) is 0 Å². The predicted octanol–water partition coefficient (Wildman–Crippen LogP) is 0.469. The summed E-state index contributed by atoms with van der Waals surface area (Å²) in [6, 6.07) is 1.77. The second kappa shape index (κ2) is 10.6. The van der Waals surface area contributed by atoms with E-state index < -0.39 is 29.8 Å². The molecule has 190 valence electrons. The van der Waals surface area contributed by atoms with E-state index in [9.17, 15) is 19.2 Å². The molecule has 1 saturated heterocycles. The summed E-state index contributed by atoms with van der Waals surface area (Å²) in [4.78, 5) is 59.8. The maximum absolute atomic E-state index is 13.3. The van der Waals surface area contributed by atoms with Gasteiger partial charge in [-0.2, -0.15) is 0 Å². The molecule has 1 aliphatic heterocycles. The van der Waals surface area contributed by atoms with Crippen LogP contribution in [0.5, 0.6) is 0 Å². The second-order valence-electron chi connectivity index (χ2n) is 8.42. The summed E-state index contributed by atoms with van der Waals surface area (Å²) in [6.07, 6.45) is 3.74. The van der Waals surface area contributed by atoms with Gasteiger partial charge in [0.1, 0.15) is 28.1 Å². The molecule has 4 rings (SSSR count). The molecule has 1 fully saturated rings. The molecule has 1 unspecified atom stereocenters. The van der Waals surface area contributed by atoms with Crippen LogP contribution in [0, 0.1) is 0 Å². The molecule has 4 amide bonds. The minimum absolute atomic E-state index is 0.0573. The molecule has 0 aromatic carbocycles. The monoisotopic (exact) mass is 532 g/mol. The molecule has 3 atom stereocenters. The Bertz CT molecular complexity index is 1320. The molecule has 0 radical (unpaired) electrons. The van der Waals surface area contributed by atoms with Crippen LogP contribution in [0.3, 0.4) is 0 Å². The van der Waals surface area contributed by atoms with Gasteiger partial charge in [-0.25, -0.2) is 9.97 Å². The van der Waals surface area contributed by atoms with Gasteiger partial charge in [0.05, 0.1) is 11.1 Å². The number of primary amides is 1. The number of hydrogen-bond acceptors (Lipinski definition) is 8. The number of amides is 4. The normalized spacial score (nSPS) is 18.2. The fourth-order valence-corrected chi connectivity index (χ4v) is 5.14. The minimum Gasteiger partial charge on any atom is -0.370 e. The van der Waals surface area contributed by atoms with Crippen LogP contribution in [0.25, 0.3) is 5.65 Å². The molecule has 12 nitrogen and oxygen atoms in total. The molecule has 0 aliphatic carbocycles. The number of nitrogens with zero attached hydrogens (tertiary/aromatic N) is 4. The van der Waals surface area contributed by atoms with Gasteiger partial charge in [-0.3, -0.25) is 19.2 Å². The van der Waals surface area contributed by atoms with Gasteiger partial charge in [0.15, 0.2) is 0 Å². The van der Waals surface area contributed by atoms with Crippen molar-refractivity contribution in [2.24, 2.45) is 11.5 Å². The summed E-state index contributed by atoms with van der Waals surface area (Å²) in [5.41, 5.74) is 12.3. The highest BCUT2D eigenvalue weighted by Crippen LogP contribution is 2.34. The Morgan fingerprint density at radius 1 is 1.22 bits per heavy atom. The first-order valence-electron chi connectivity index (χ1n) is 11.1. The number of imidazole rings is 1. The van der Waals surface area contributed by atoms with Gasteiger partial charge in [0.25, 0.3) is 11.8 Å². The summed E-state index contributed by atoms with van der Waals surface area (Å²) in [5, 5.41) is 7.65. The first kappa shape index (κ1) is 25.5. The summed E-state index contributed by atoms with van der Waals surface area (Å²) >= 11 is 7.25. The zero-order valence-corrected chi connectivity index (χ0v) is 20.9. The number of carbonyl (C=O) groups is 4. The number of pyridine rings is 1. The molecule has 0 spiro atoms. The van der Waals surface area contributed by atoms with Crippen molar-refractivity contribution in [3.63, 3.8) is 0 Å². The van der Waals surface area contributed by atoms with Gasteiger partial charge in [0.2, 0.25) is 11.8 Å². The molecular formula is C22H25ClN8O4S. The van der Waals surface area contributed by atoms with Crippen molar-refractivity contribution in [3.8, 4) is 0 Å². The van der Waals surface area contributed by atoms with E-state index in [1.54, 1.807) is 39.2 Å². The zero-order valence-electron chi connectivity index (χ0n) is 19.3. The lowest BCUT2D eigenvalue weighted by molar-refractivity contribution is -0.123. The van der Waals surface area contributed by atoms with Crippen LogP contribution in [0.4, 0.5) is 0 Å². The third kappa shape index (κ3) is 5.48. The Hall–Kier alpha value is -3.55. The van der Waals surface area contributed by atoms with Crippen LogP contribution >= 0.6 is 22.9 Å². The number of likely N-dealkylation sites (N-methyl/N-ethyl adjacent to an activating group) is 1. The molecule has 6 N–H and O–H groups in total. The highest BCUT2D eigenvalue weighted by molar-refractivity contribution is 7.09. The van der Waals surface area contributed by atoms with Gasteiger partial charge in [0, 0.05) is 43.8 Å². The lowest BCUT2D eigenvalue weighted by atomic mass is 10.1. The molecule has 0 bridgehead atoms. The van der Waals surface area contributed by atoms with Gasteiger partial charge in [-0.1, -0.05) is 11.6 Å². The number of halogens is 1. The van der Waals surface area contributed by atoms with Gasteiger partial charge < -0.3 is 31.4 Å². The van der Waals surface area contributed by atoms with E-state index in [2.05, 4.69) is 20.6 Å². The summed E-state index contributed by atoms with van der Waals surface area (Å²) < 4.78 is 1.67. The summed E-state index contributed by atoms with van der Waals surface area (Å²) in [5.74, 6) is -1.91. The molecule has 0 saturated carbocycles. The van der Waals surface area contributed by atoms with Crippen LogP contribution in [-0.4, -0.2) is 68.6 Å². The van der Waals surface area contributed by atoms with Crippen LogP contribution in [0.2, 0.25) is 5.02 Å². The Balaban J connectivity index is 1.51. The number of nitrogens with two attached hydrogens (primary N) is 2. The second-order valence-corrected chi connectivity index (χ2v) is 9.75. The lowest BCUT2D eigenvalue weighted by Crippen LogP contribution is -2.46. The SMILES string of the molecule is CNC(=O)C(CCC(N)=O)NC(=O)c1csc([C@@H]2C[C@@H](N)CN2C(=O)c2cn3cc(Cl)ccc3n2)n1. The van der Waals surface area contributed by atoms with Crippen molar-refractivity contribution in [2.75, 3.05) is 13.6 Å². The van der Waals surface area contributed by atoms with E-state index in [-0.39, 0.29) is 36.2 Å². The number of likely N-dealkylation sites (tertiary alicyclic amines) is 1. The summed E-state index contributed by atoms with van der Waals surface area (Å²) in [7, 11) is 1.43. The van der Waals surface area contributed by atoms with Crippen molar-refractivity contribution < 1.29 is 19.2 Å². The number of thiazole rings is 1. The topological polar surface area (TPSA) is 178 Å². The number of hydrogen-bond donors (Lipinski definition) is 4. The largest absolute Gasteiger partial charge is 0.370 e. The Labute approximate surface area is 215 Å². The van der Waals surface area contributed by atoms with Crippen molar-refractivity contribution in [2.45, 2.75) is 37.4 Å². The van der Waals surface area contributed by atoms with Crippen molar-refractivity contribution >= 4 is 52.2 Å². The van der Waals surface area contributed by atoms with E-state index in [1.165, 1.54) is 18.4 Å². The lowest BCUT2D eigenvalue weighted by Gasteiger charge is -2.22. The van der Waals surface area contributed by atoms with Gasteiger partial charge >= 0.3 is 0 Å². The fraction of sp³-hybridized carbons (Fsp3) is 0.364.